The highest BCUT2D eigenvalue weighted by molar-refractivity contribution is 5.78. The molecule has 4 nitrogen and oxygen atoms in total. The van der Waals surface area contributed by atoms with E-state index in [0.717, 1.165) is 5.56 Å². The van der Waals surface area contributed by atoms with Crippen molar-refractivity contribution >= 4 is 5.91 Å². The second-order valence-corrected chi connectivity index (χ2v) is 7.61. The molecule has 0 aliphatic carbocycles. The van der Waals surface area contributed by atoms with Gasteiger partial charge in [0.05, 0.1) is 30.4 Å². The molecule has 0 radical (unpaired) electrons. The maximum absolute atomic E-state index is 13.1. The SMILES string of the molecule is NCC(=O)N1CCC(OCc2cc(C(F)(F)F)cc(C(F)(F)F)c2)C(c2ccccc2)C1. The number of likely N-dealkylation sites (tertiary alicyclic amines) is 1. The fourth-order valence-electron chi connectivity index (χ4n) is 3.81. The third-order valence-corrected chi connectivity index (χ3v) is 5.42. The summed E-state index contributed by atoms with van der Waals surface area (Å²) in [5.41, 5.74) is 3.32. The van der Waals surface area contributed by atoms with Crippen LogP contribution in [0.2, 0.25) is 0 Å². The van der Waals surface area contributed by atoms with E-state index >= 15 is 0 Å². The smallest absolute Gasteiger partial charge is 0.373 e. The van der Waals surface area contributed by atoms with E-state index < -0.39 is 36.2 Å². The van der Waals surface area contributed by atoms with Crippen LogP contribution >= 0.6 is 0 Å². The Morgan fingerprint density at radius 3 is 2.12 bits per heavy atom. The monoisotopic (exact) mass is 460 g/mol. The number of nitrogens with two attached hydrogens (primary N) is 1. The average molecular weight is 460 g/mol. The van der Waals surface area contributed by atoms with Crippen LogP contribution < -0.4 is 5.73 Å². The first-order chi connectivity index (χ1) is 15.0. The minimum atomic E-state index is -4.92. The van der Waals surface area contributed by atoms with Gasteiger partial charge in [0.15, 0.2) is 0 Å². The van der Waals surface area contributed by atoms with E-state index in [9.17, 15) is 31.1 Å². The Balaban J connectivity index is 1.83. The van der Waals surface area contributed by atoms with E-state index in [-0.39, 0.29) is 30.0 Å². The zero-order chi connectivity index (χ0) is 23.5. The van der Waals surface area contributed by atoms with E-state index in [0.29, 0.717) is 31.6 Å². The predicted molar refractivity (Wildman–Crippen MR) is 104 cm³/mol. The Morgan fingerprint density at radius 1 is 1.00 bits per heavy atom. The fraction of sp³-hybridized carbons (Fsp3) is 0.409. The summed E-state index contributed by atoms with van der Waals surface area (Å²) >= 11 is 0. The van der Waals surface area contributed by atoms with Gasteiger partial charge in [-0.05, 0) is 35.7 Å². The first-order valence-electron chi connectivity index (χ1n) is 9.92. The highest BCUT2D eigenvalue weighted by Crippen LogP contribution is 2.37. The fourth-order valence-corrected chi connectivity index (χ4v) is 3.81. The standard InChI is InChI=1S/C22H22F6N2O2/c23-21(24,25)16-8-14(9-17(10-16)22(26,27)28)13-32-19-6-7-30(20(31)11-29)12-18(19)15-4-2-1-3-5-15/h1-5,8-10,18-19H,6-7,11-13,29H2. The summed E-state index contributed by atoms with van der Waals surface area (Å²) < 4.78 is 84.5. The summed E-state index contributed by atoms with van der Waals surface area (Å²) in [5.74, 6) is -0.537. The van der Waals surface area contributed by atoms with Crippen LogP contribution in [0.5, 0.6) is 0 Å². The molecule has 0 bridgehead atoms. The molecule has 0 saturated carbocycles. The molecule has 2 atom stereocenters. The number of piperidine rings is 1. The first-order valence-corrected chi connectivity index (χ1v) is 9.92. The largest absolute Gasteiger partial charge is 0.416 e. The van der Waals surface area contributed by atoms with Crippen molar-refractivity contribution in [3.05, 3.63) is 70.8 Å². The summed E-state index contributed by atoms with van der Waals surface area (Å²) in [5, 5.41) is 0. The molecule has 1 aliphatic heterocycles. The second kappa shape index (κ2) is 9.50. The summed E-state index contributed by atoms with van der Waals surface area (Å²) in [6, 6.07) is 10.5. The van der Waals surface area contributed by atoms with Crippen molar-refractivity contribution in [2.24, 2.45) is 5.73 Å². The van der Waals surface area contributed by atoms with Gasteiger partial charge in [0.1, 0.15) is 0 Å². The second-order valence-electron chi connectivity index (χ2n) is 7.61. The highest BCUT2D eigenvalue weighted by Gasteiger charge is 2.37. The summed E-state index contributed by atoms with van der Waals surface area (Å²) in [6.45, 7) is 0.0465. The lowest BCUT2D eigenvalue weighted by Crippen LogP contribution is -2.47. The van der Waals surface area contributed by atoms with Crippen molar-refractivity contribution in [2.45, 2.75) is 37.4 Å². The van der Waals surface area contributed by atoms with Crippen LogP contribution in [-0.4, -0.2) is 36.5 Å². The molecule has 1 amide bonds. The van der Waals surface area contributed by atoms with Gasteiger partial charge in [-0.1, -0.05) is 30.3 Å². The number of carbonyl (C=O) groups excluding carboxylic acids is 1. The van der Waals surface area contributed by atoms with Crippen LogP contribution in [0.3, 0.4) is 0 Å². The van der Waals surface area contributed by atoms with Crippen LogP contribution in [0.1, 0.15) is 34.6 Å². The number of carbonyl (C=O) groups is 1. The molecular weight excluding hydrogens is 438 g/mol. The third kappa shape index (κ3) is 5.80. The summed E-state index contributed by atoms with van der Waals surface area (Å²) in [7, 11) is 0. The molecule has 1 heterocycles. The Labute approximate surface area is 181 Å². The van der Waals surface area contributed by atoms with Gasteiger partial charge in [0.2, 0.25) is 5.91 Å². The van der Waals surface area contributed by atoms with Crippen molar-refractivity contribution in [3.63, 3.8) is 0 Å². The number of nitrogens with zero attached hydrogens (tertiary/aromatic N) is 1. The molecule has 2 aromatic rings. The molecule has 174 valence electrons. The van der Waals surface area contributed by atoms with Gasteiger partial charge >= 0.3 is 12.4 Å². The Morgan fingerprint density at radius 2 is 1.59 bits per heavy atom. The van der Waals surface area contributed by atoms with Gasteiger partial charge in [-0.15, -0.1) is 0 Å². The molecule has 2 aromatic carbocycles. The van der Waals surface area contributed by atoms with E-state index in [4.69, 9.17) is 10.5 Å². The van der Waals surface area contributed by atoms with Crippen LogP contribution in [0.4, 0.5) is 26.3 Å². The number of alkyl halides is 6. The van der Waals surface area contributed by atoms with E-state index in [2.05, 4.69) is 0 Å². The maximum Gasteiger partial charge on any atom is 0.416 e. The average Bonchev–Trinajstić information content (AvgIpc) is 2.76. The molecule has 1 aliphatic rings. The van der Waals surface area contributed by atoms with Crippen LogP contribution in [0.15, 0.2) is 48.5 Å². The minimum absolute atomic E-state index is 0.0905. The topological polar surface area (TPSA) is 55.6 Å². The van der Waals surface area contributed by atoms with Crippen molar-refractivity contribution in [2.75, 3.05) is 19.6 Å². The number of amides is 1. The Bertz CT molecular complexity index is 898. The third-order valence-electron chi connectivity index (χ3n) is 5.42. The van der Waals surface area contributed by atoms with Crippen molar-refractivity contribution in [1.29, 1.82) is 0 Å². The normalized spacial score (nSPS) is 19.8. The molecule has 32 heavy (non-hydrogen) atoms. The van der Waals surface area contributed by atoms with E-state index in [1.54, 1.807) is 17.0 Å². The van der Waals surface area contributed by atoms with Gasteiger partial charge in [0.25, 0.3) is 0 Å². The molecule has 0 spiro atoms. The number of ether oxygens (including phenoxy) is 1. The Kier molecular flexibility index (Phi) is 7.14. The summed E-state index contributed by atoms with van der Waals surface area (Å²) in [4.78, 5) is 13.6. The van der Waals surface area contributed by atoms with Crippen molar-refractivity contribution < 1.29 is 35.9 Å². The van der Waals surface area contributed by atoms with Crippen LogP contribution in [0, 0.1) is 0 Å². The summed E-state index contributed by atoms with van der Waals surface area (Å²) in [6.07, 6.45) is -9.97. The molecule has 1 saturated heterocycles. The number of hydrogen-bond donors (Lipinski definition) is 1. The zero-order valence-corrected chi connectivity index (χ0v) is 16.9. The zero-order valence-electron chi connectivity index (χ0n) is 16.9. The number of benzene rings is 2. The van der Waals surface area contributed by atoms with Gasteiger partial charge in [-0.2, -0.15) is 26.3 Å². The number of hydrogen-bond acceptors (Lipinski definition) is 3. The molecule has 1 fully saturated rings. The molecular formula is C22H22F6N2O2. The number of halogens is 6. The molecule has 0 aromatic heterocycles. The maximum atomic E-state index is 13.1. The van der Waals surface area contributed by atoms with Gasteiger partial charge in [0, 0.05) is 19.0 Å². The van der Waals surface area contributed by atoms with Crippen molar-refractivity contribution in [1.82, 2.24) is 4.90 Å². The van der Waals surface area contributed by atoms with Gasteiger partial charge in [-0.25, -0.2) is 0 Å². The van der Waals surface area contributed by atoms with E-state index in [1.165, 1.54) is 0 Å². The van der Waals surface area contributed by atoms with Crippen LogP contribution in [0.25, 0.3) is 0 Å². The van der Waals surface area contributed by atoms with Crippen molar-refractivity contribution in [3.8, 4) is 0 Å². The molecule has 2 N–H and O–H groups in total. The van der Waals surface area contributed by atoms with E-state index in [1.807, 2.05) is 18.2 Å². The van der Waals surface area contributed by atoms with Crippen LogP contribution in [-0.2, 0) is 28.5 Å². The lowest BCUT2D eigenvalue weighted by molar-refractivity contribution is -0.143. The first kappa shape index (κ1) is 24.1. The van der Waals surface area contributed by atoms with Gasteiger partial charge < -0.3 is 15.4 Å². The quantitative estimate of drug-likeness (QED) is 0.665. The lowest BCUT2D eigenvalue weighted by atomic mass is 9.87. The van der Waals surface area contributed by atoms with Gasteiger partial charge in [-0.3, -0.25) is 4.79 Å². The number of rotatable bonds is 5. The highest BCUT2D eigenvalue weighted by atomic mass is 19.4. The molecule has 2 unspecified atom stereocenters. The molecule has 3 rings (SSSR count). The molecule has 10 heteroatoms. The predicted octanol–water partition coefficient (Wildman–Crippen LogP) is 4.58. The lowest BCUT2D eigenvalue weighted by Gasteiger charge is -2.38. The minimum Gasteiger partial charge on any atom is -0.373 e. The Hall–Kier alpha value is -2.59.